The molecule has 0 N–H and O–H groups in total. The lowest BCUT2D eigenvalue weighted by Gasteiger charge is -2.10. The largest absolute Gasteiger partial charge is 0.207 e. The molecule has 3 heteroatoms. The topological polar surface area (TPSA) is 0 Å². The first-order valence-electron chi connectivity index (χ1n) is 6.74. The molecule has 102 valence electrons. The Bertz CT molecular complexity index is 352. The Morgan fingerprint density at radius 3 is 2.44 bits per heavy atom. The molecule has 0 heterocycles. The zero-order valence-corrected chi connectivity index (χ0v) is 11.6. The van der Waals surface area contributed by atoms with Crippen LogP contribution in [0.2, 0.25) is 0 Å². The lowest BCUT2D eigenvalue weighted by Crippen LogP contribution is -1.96. The molecule has 1 aromatic carbocycles. The number of hydrogen-bond donors (Lipinski definition) is 0. The Morgan fingerprint density at radius 1 is 1.06 bits per heavy atom. The Balaban J connectivity index is 2.31. The second kappa shape index (κ2) is 8.47. The Morgan fingerprint density at radius 2 is 1.72 bits per heavy atom. The zero-order valence-electron chi connectivity index (χ0n) is 10.9. The third-order valence-corrected chi connectivity index (χ3v) is 3.56. The zero-order chi connectivity index (χ0) is 13.4. The summed E-state index contributed by atoms with van der Waals surface area (Å²) in [7, 11) is 0. The van der Waals surface area contributed by atoms with Crippen LogP contribution in [0.3, 0.4) is 0 Å². The summed E-state index contributed by atoms with van der Waals surface area (Å²) in [5.74, 6) is -0.845. The van der Waals surface area contributed by atoms with Crippen LogP contribution in [0.5, 0.6) is 0 Å². The van der Waals surface area contributed by atoms with Gasteiger partial charge in [0.15, 0.2) is 0 Å². The van der Waals surface area contributed by atoms with Crippen LogP contribution in [0, 0.1) is 11.6 Å². The highest BCUT2D eigenvalue weighted by Gasteiger charge is 2.13. The van der Waals surface area contributed by atoms with Crippen LogP contribution in [0.15, 0.2) is 18.2 Å². The van der Waals surface area contributed by atoms with E-state index in [4.69, 9.17) is 11.6 Å². The van der Waals surface area contributed by atoms with Crippen molar-refractivity contribution < 1.29 is 8.78 Å². The first kappa shape index (κ1) is 15.4. The van der Waals surface area contributed by atoms with Crippen LogP contribution in [-0.4, -0.2) is 0 Å². The second-order valence-electron chi connectivity index (χ2n) is 4.69. The summed E-state index contributed by atoms with van der Waals surface area (Å²) in [5, 5.41) is -0.424. The van der Waals surface area contributed by atoms with E-state index in [2.05, 4.69) is 6.92 Å². The summed E-state index contributed by atoms with van der Waals surface area (Å²) in [6.07, 6.45) is 7.72. The average Bonchev–Trinajstić information content (AvgIpc) is 2.36. The van der Waals surface area contributed by atoms with Gasteiger partial charge in [-0.3, -0.25) is 0 Å². The van der Waals surface area contributed by atoms with Gasteiger partial charge in [-0.1, -0.05) is 45.4 Å². The fourth-order valence-corrected chi connectivity index (χ4v) is 2.34. The number of halogens is 3. The van der Waals surface area contributed by atoms with Crippen LogP contribution < -0.4 is 0 Å². The molecule has 1 aromatic rings. The summed E-state index contributed by atoms with van der Waals surface area (Å²) in [6, 6.07) is 3.46. The van der Waals surface area contributed by atoms with E-state index in [1.807, 2.05) is 0 Å². The van der Waals surface area contributed by atoms with E-state index in [-0.39, 0.29) is 5.56 Å². The molecule has 1 atom stereocenters. The van der Waals surface area contributed by atoms with Gasteiger partial charge in [0.1, 0.15) is 11.6 Å². The van der Waals surface area contributed by atoms with Crippen LogP contribution >= 0.6 is 11.6 Å². The minimum atomic E-state index is -0.431. The third-order valence-electron chi connectivity index (χ3n) is 3.11. The Hall–Kier alpha value is -0.630. The Labute approximate surface area is 113 Å². The molecule has 0 aliphatic rings. The lowest BCUT2D eigenvalue weighted by molar-refractivity contribution is 0.557. The summed E-state index contributed by atoms with van der Waals surface area (Å²) in [5.41, 5.74) is 0.283. The van der Waals surface area contributed by atoms with Crippen molar-refractivity contribution in [1.82, 2.24) is 0 Å². The van der Waals surface area contributed by atoms with Gasteiger partial charge in [-0.2, -0.15) is 0 Å². The first-order chi connectivity index (χ1) is 8.65. The monoisotopic (exact) mass is 274 g/mol. The molecular weight excluding hydrogens is 254 g/mol. The van der Waals surface area contributed by atoms with Crippen molar-refractivity contribution in [3.8, 4) is 0 Å². The summed E-state index contributed by atoms with van der Waals surface area (Å²) in [4.78, 5) is 0. The average molecular weight is 275 g/mol. The number of alkyl halides is 1. The maximum Gasteiger partial charge on any atom is 0.128 e. The molecule has 0 radical (unpaired) electrons. The van der Waals surface area contributed by atoms with Gasteiger partial charge in [-0.15, -0.1) is 11.6 Å². The lowest BCUT2D eigenvalue weighted by atomic mass is 10.0. The van der Waals surface area contributed by atoms with Gasteiger partial charge in [0.2, 0.25) is 0 Å². The van der Waals surface area contributed by atoms with Crippen molar-refractivity contribution in [2.45, 2.75) is 57.2 Å². The van der Waals surface area contributed by atoms with Gasteiger partial charge in [0, 0.05) is 5.56 Å². The van der Waals surface area contributed by atoms with Gasteiger partial charge in [0.25, 0.3) is 0 Å². The summed E-state index contributed by atoms with van der Waals surface area (Å²) >= 11 is 6.12. The van der Waals surface area contributed by atoms with Crippen LogP contribution in [-0.2, 0) is 0 Å². The van der Waals surface area contributed by atoms with Gasteiger partial charge < -0.3 is 0 Å². The quantitative estimate of drug-likeness (QED) is 0.403. The van der Waals surface area contributed by atoms with Crippen molar-refractivity contribution in [3.05, 3.63) is 35.4 Å². The number of rotatable bonds is 8. The molecule has 0 nitrogen and oxygen atoms in total. The van der Waals surface area contributed by atoms with E-state index in [0.717, 1.165) is 25.0 Å². The molecule has 0 spiro atoms. The fourth-order valence-electron chi connectivity index (χ4n) is 2.01. The van der Waals surface area contributed by atoms with Gasteiger partial charge in [-0.05, 0) is 24.6 Å². The van der Waals surface area contributed by atoms with Gasteiger partial charge in [0.05, 0.1) is 5.38 Å². The minimum Gasteiger partial charge on any atom is -0.207 e. The van der Waals surface area contributed by atoms with E-state index in [1.165, 1.54) is 31.7 Å². The van der Waals surface area contributed by atoms with Gasteiger partial charge >= 0.3 is 0 Å². The predicted octanol–water partition coefficient (Wildman–Crippen LogP) is 6.00. The van der Waals surface area contributed by atoms with E-state index in [9.17, 15) is 8.78 Å². The molecule has 0 aromatic heterocycles. The third kappa shape index (κ3) is 5.34. The molecular formula is C15H21ClF2. The van der Waals surface area contributed by atoms with Crippen LogP contribution in [0.4, 0.5) is 8.78 Å². The number of unbranched alkanes of at least 4 members (excludes halogenated alkanes) is 5. The maximum absolute atomic E-state index is 13.4. The molecule has 18 heavy (non-hydrogen) atoms. The van der Waals surface area contributed by atoms with Crippen LogP contribution in [0.25, 0.3) is 0 Å². The summed E-state index contributed by atoms with van der Waals surface area (Å²) < 4.78 is 26.5. The standard InChI is InChI=1S/C15H21ClF2/c1-2-3-4-5-6-7-8-14(16)13-11-12(17)9-10-15(13)18/h9-11,14H,2-8H2,1H3. The molecule has 1 unspecified atom stereocenters. The second-order valence-corrected chi connectivity index (χ2v) is 5.22. The Kier molecular flexibility index (Phi) is 7.26. The van der Waals surface area contributed by atoms with E-state index < -0.39 is 17.0 Å². The number of hydrogen-bond acceptors (Lipinski definition) is 0. The van der Waals surface area contributed by atoms with Crippen LogP contribution in [0.1, 0.15) is 62.8 Å². The highest BCUT2D eigenvalue weighted by Crippen LogP contribution is 2.29. The molecule has 0 aliphatic heterocycles. The van der Waals surface area contributed by atoms with E-state index in [0.29, 0.717) is 6.42 Å². The highest BCUT2D eigenvalue weighted by atomic mass is 35.5. The van der Waals surface area contributed by atoms with Crippen molar-refractivity contribution >= 4 is 11.6 Å². The molecule has 0 bridgehead atoms. The molecule has 1 rings (SSSR count). The molecule has 0 amide bonds. The van der Waals surface area contributed by atoms with Crippen molar-refractivity contribution in [3.63, 3.8) is 0 Å². The highest BCUT2D eigenvalue weighted by molar-refractivity contribution is 6.20. The van der Waals surface area contributed by atoms with E-state index in [1.54, 1.807) is 0 Å². The van der Waals surface area contributed by atoms with Crippen molar-refractivity contribution in [2.75, 3.05) is 0 Å². The first-order valence-corrected chi connectivity index (χ1v) is 7.17. The maximum atomic E-state index is 13.4. The predicted molar refractivity (Wildman–Crippen MR) is 72.9 cm³/mol. The fraction of sp³-hybridized carbons (Fsp3) is 0.600. The smallest absolute Gasteiger partial charge is 0.128 e. The molecule has 0 saturated heterocycles. The molecule has 0 aliphatic carbocycles. The SMILES string of the molecule is CCCCCCCCC(Cl)c1cc(F)ccc1F. The van der Waals surface area contributed by atoms with Crippen molar-refractivity contribution in [1.29, 1.82) is 0 Å². The molecule has 0 saturated carbocycles. The van der Waals surface area contributed by atoms with Gasteiger partial charge in [-0.25, -0.2) is 8.78 Å². The minimum absolute atomic E-state index is 0.283. The number of benzene rings is 1. The van der Waals surface area contributed by atoms with Crippen molar-refractivity contribution in [2.24, 2.45) is 0 Å². The van der Waals surface area contributed by atoms with E-state index >= 15 is 0 Å². The summed E-state index contributed by atoms with van der Waals surface area (Å²) in [6.45, 7) is 2.18. The normalized spacial score (nSPS) is 12.7. The molecule has 0 fully saturated rings.